The molecule has 78 valence electrons. The summed E-state index contributed by atoms with van der Waals surface area (Å²) in [5.41, 5.74) is 0.551. The Morgan fingerprint density at radius 1 is 1.20 bits per heavy atom. The molecule has 0 heterocycles. The molecule has 0 amide bonds. The SMILES string of the molecule is COC(=O)/C=C/C(=O)c1ccc(I)cc1. The lowest BCUT2D eigenvalue weighted by molar-refractivity contribution is -0.134. The minimum atomic E-state index is -0.533. The zero-order valence-corrected chi connectivity index (χ0v) is 10.2. The fourth-order valence-corrected chi connectivity index (χ4v) is 1.28. The van der Waals surface area contributed by atoms with Crippen molar-refractivity contribution in [3.63, 3.8) is 0 Å². The molecule has 3 nitrogen and oxygen atoms in total. The number of benzene rings is 1. The van der Waals surface area contributed by atoms with Crippen molar-refractivity contribution in [2.75, 3.05) is 7.11 Å². The molecule has 0 aliphatic rings. The van der Waals surface area contributed by atoms with Crippen molar-refractivity contribution in [3.8, 4) is 0 Å². The van der Waals surface area contributed by atoms with Crippen molar-refractivity contribution >= 4 is 34.3 Å². The van der Waals surface area contributed by atoms with E-state index >= 15 is 0 Å². The zero-order chi connectivity index (χ0) is 11.3. The minimum Gasteiger partial charge on any atom is -0.466 e. The first-order chi connectivity index (χ1) is 7.13. The molecule has 0 aliphatic carbocycles. The van der Waals surface area contributed by atoms with E-state index in [2.05, 4.69) is 27.3 Å². The second-order valence-electron chi connectivity index (χ2n) is 2.73. The van der Waals surface area contributed by atoms with Crippen LogP contribution in [0.2, 0.25) is 0 Å². The van der Waals surface area contributed by atoms with E-state index in [4.69, 9.17) is 0 Å². The fraction of sp³-hybridized carbons (Fsp3) is 0.0909. The van der Waals surface area contributed by atoms with Gasteiger partial charge in [0.2, 0.25) is 0 Å². The summed E-state index contributed by atoms with van der Waals surface area (Å²) in [6, 6.07) is 7.09. The maximum Gasteiger partial charge on any atom is 0.330 e. The van der Waals surface area contributed by atoms with Gasteiger partial charge in [0, 0.05) is 15.2 Å². The second-order valence-corrected chi connectivity index (χ2v) is 3.97. The molecule has 0 saturated carbocycles. The van der Waals surface area contributed by atoms with E-state index in [1.54, 1.807) is 12.1 Å². The standard InChI is InChI=1S/C11H9IO3/c1-15-11(14)7-6-10(13)8-2-4-9(12)5-3-8/h2-7H,1H3/b7-6+. The van der Waals surface area contributed by atoms with Crippen molar-refractivity contribution in [1.82, 2.24) is 0 Å². The van der Waals surface area contributed by atoms with Gasteiger partial charge in [-0.2, -0.15) is 0 Å². The van der Waals surface area contributed by atoms with E-state index in [-0.39, 0.29) is 5.78 Å². The van der Waals surface area contributed by atoms with Gasteiger partial charge in [-0.25, -0.2) is 4.79 Å². The molecule has 1 aromatic carbocycles. The zero-order valence-electron chi connectivity index (χ0n) is 8.07. The number of rotatable bonds is 3. The van der Waals surface area contributed by atoms with Crippen LogP contribution in [0.3, 0.4) is 0 Å². The number of allylic oxidation sites excluding steroid dienone is 1. The average Bonchev–Trinajstić information content (AvgIpc) is 2.26. The van der Waals surface area contributed by atoms with Gasteiger partial charge in [-0.3, -0.25) is 4.79 Å². The number of carbonyl (C=O) groups is 2. The smallest absolute Gasteiger partial charge is 0.330 e. The number of ether oxygens (including phenoxy) is 1. The van der Waals surface area contributed by atoms with Crippen molar-refractivity contribution in [2.24, 2.45) is 0 Å². The van der Waals surface area contributed by atoms with Gasteiger partial charge < -0.3 is 4.74 Å². The van der Waals surface area contributed by atoms with E-state index in [0.29, 0.717) is 5.56 Å². The number of halogens is 1. The highest BCUT2D eigenvalue weighted by molar-refractivity contribution is 14.1. The molecule has 4 heteroatoms. The molecule has 0 N–H and O–H groups in total. The fourth-order valence-electron chi connectivity index (χ4n) is 0.922. The summed E-state index contributed by atoms with van der Waals surface area (Å²) < 4.78 is 5.43. The average molecular weight is 316 g/mol. The van der Waals surface area contributed by atoms with Crippen LogP contribution >= 0.6 is 22.6 Å². The third-order valence-corrected chi connectivity index (χ3v) is 2.42. The third kappa shape index (κ3) is 3.83. The Bertz CT molecular complexity index is 393. The van der Waals surface area contributed by atoms with Gasteiger partial charge in [-0.1, -0.05) is 12.1 Å². The lowest BCUT2D eigenvalue weighted by atomic mass is 10.1. The second kappa shape index (κ2) is 5.65. The molecule has 0 atom stereocenters. The maximum absolute atomic E-state index is 11.5. The Morgan fingerprint density at radius 3 is 2.33 bits per heavy atom. The summed E-state index contributed by atoms with van der Waals surface area (Å²) in [5.74, 6) is -0.745. The Labute approximate surface area is 101 Å². The lowest BCUT2D eigenvalue weighted by Gasteiger charge is -1.95. The van der Waals surface area contributed by atoms with Crippen LogP contribution in [-0.4, -0.2) is 18.9 Å². The van der Waals surface area contributed by atoms with Crippen LogP contribution < -0.4 is 0 Å². The molecular formula is C11H9IO3. The first-order valence-corrected chi connectivity index (χ1v) is 5.27. The summed E-state index contributed by atoms with van der Waals surface area (Å²) in [4.78, 5) is 22.2. The Balaban J connectivity index is 2.73. The van der Waals surface area contributed by atoms with Gasteiger partial charge >= 0.3 is 5.97 Å². The lowest BCUT2D eigenvalue weighted by Crippen LogP contribution is -1.98. The van der Waals surface area contributed by atoms with Gasteiger partial charge in [0.15, 0.2) is 5.78 Å². The van der Waals surface area contributed by atoms with E-state index in [0.717, 1.165) is 9.65 Å². The molecule has 1 aromatic rings. The number of hydrogen-bond donors (Lipinski definition) is 0. The number of methoxy groups -OCH3 is 1. The molecule has 0 aromatic heterocycles. The molecule has 1 rings (SSSR count). The van der Waals surface area contributed by atoms with Crippen LogP contribution in [0.5, 0.6) is 0 Å². The molecule has 0 unspecified atom stereocenters. The predicted molar refractivity (Wildman–Crippen MR) is 64.6 cm³/mol. The molecule has 0 spiro atoms. The number of hydrogen-bond acceptors (Lipinski definition) is 3. The molecule has 15 heavy (non-hydrogen) atoms. The Hall–Kier alpha value is -1.17. The minimum absolute atomic E-state index is 0.211. The molecule has 0 radical (unpaired) electrons. The molecule has 0 aliphatic heterocycles. The quantitative estimate of drug-likeness (QED) is 0.372. The van der Waals surface area contributed by atoms with Crippen LogP contribution in [-0.2, 0) is 9.53 Å². The number of carbonyl (C=O) groups excluding carboxylic acids is 2. The topological polar surface area (TPSA) is 43.4 Å². The van der Waals surface area contributed by atoms with E-state index in [9.17, 15) is 9.59 Å². The van der Waals surface area contributed by atoms with E-state index in [1.807, 2.05) is 12.1 Å². The molecule has 0 bridgehead atoms. The predicted octanol–water partition coefficient (Wildman–Crippen LogP) is 2.20. The highest BCUT2D eigenvalue weighted by Crippen LogP contribution is 2.07. The summed E-state index contributed by atoms with van der Waals surface area (Å²) in [6.07, 6.45) is 2.31. The van der Waals surface area contributed by atoms with E-state index < -0.39 is 5.97 Å². The third-order valence-electron chi connectivity index (χ3n) is 1.70. The largest absolute Gasteiger partial charge is 0.466 e. The summed E-state index contributed by atoms with van der Waals surface area (Å²) in [7, 11) is 1.27. The summed E-state index contributed by atoms with van der Waals surface area (Å²) in [6.45, 7) is 0. The van der Waals surface area contributed by atoms with E-state index in [1.165, 1.54) is 13.2 Å². The van der Waals surface area contributed by atoms with Gasteiger partial charge in [0.05, 0.1) is 7.11 Å². The monoisotopic (exact) mass is 316 g/mol. The number of ketones is 1. The molecule has 0 saturated heterocycles. The first kappa shape index (κ1) is 11.9. The van der Waals surface area contributed by atoms with Gasteiger partial charge in [0.1, 0.15) is 0 Å². The van der Waals surface area contributed by atoms with Gasteiger partial charge in [-0.05, 0) is 40.8 Å². The first-order valence-electron chi connectivity index (χ1n) is 4.19. The van der Waals surface area contributed by atoms with Crippen molar-refractivity contribution in [3.05, 3.63) is 45.6 Å². The van der Waals surface area contributed by atoms with Crippen molar-refractivity contribution in [2.45, 2.75) is 0 Å². The van der Waals surface area contributed by atoms with Crippen LogP contribution in [0.15, 0.2) is 36.4 Å². The van der Waals surface area contributed by atoms with Crippen LogP contribution in [0.25, 0.3) is 0 Å². The maximum atomic E-state index is 11.5. The molecular weight excluding hydrogens is 307 g/mol. The summed E-state index contributed by atoms with van der Waals surface area (Å²) in [5, 5.41) is 0. The highest BCUT2D eigenvalue weighted by atomic mass is 127. The van der Waals surface area contributed by atoms with Gasteiger partial charge in [0.25, 0.3) is 0 Å². The summed E-state index contributed by atoms with van der Waals surface area (Å²) >= 11 is 2.15. The Kier molecular flexibility index (Phi) is 4.48. The van der Waals surface area contributed by atoms with Crippen LogP contribution in [0.4, 0.5) is 0 Å². The molecule has 0 fully saturated rings. The normalized spacial score (nSPS) is 10.3. The van der Waals surface area contributed by atoms with Crippen molar-refractivity contribution < 1.29 is 14.3 Å². The Morgan fingerprint density at radius 2 is 1.80 bits per heavy atom. The van der Waals surface area contributed by atoms with Crippen LogP contribution in [0, 0.1) is 3.57 Å². The van der Waals surface area contributed by atoms with Crippen LogP contribution in [0.1, 0.15) is 10.4 Å². The highest BCUT2D eigenvalue weighted by Gasteiger charge is 2.01. The van der Waals surface area contributed by atoms with Crippen molar-refractivity contribution in [1.29, 1.82) is 0 Å². The number of esters is 1. The van der Waals surface area contributed by atoms with Gasteiger partial charge in [-0.15, -0.1) is 0 Å².